The molecule has 0 spiro atoms. The van der Waals surface area contributed by atoms with Gasteiger partial charge in [0.15, 0.2) is 11.0 Å². The number of aromatic nitrogens is 5. The third-order valence-corrected chi connectivity index (χ3v) is 9.85. The molecule has 0 saturated heterocycles. The van der Waals surface area contributed by atoms with Gasteiger partial charge in [0.2, 0.25) is 0 Å². The lowest BCUT2D eigenvalue weighted by Crippen LogP contribution is -2.47. The van der Waals surface area contributed by atoms with Crippen LogP contribution < -0.4 is 10.9 Å². The summed E-state index contributed by atoms with van der Waals surface area (Å²) in [6.45, 7) is 4.03. The summed E-state index contributed by atoms with van der Waals surface area (Å²) in [4.78, 5) is 30.0. The standard InChI is InChI=1S/C37H38F2N6O3S/c1-37(2,35(47)48-3)40-20-32-42-43-33(45(32)21-25-9-15-28(16-10-25)27-13-7-24(19-38)8-14-27)22-44-31-6-4-5-30(31)34(46)41-36(44)49-23-26-11-17-29(39)18-12-26/h7-18,40H,4-6,19-23H2,1-3H3. The lowest BCUT2D eigenvalue weighted by molar-refractivity contribution is -0.147. The Morgan fingerprint density at radius 3 is 2.16 bits per heavy atom. The summed E-state index contributed by atoms with van der Waals surface area (Å²) in [5.74, 6) is 1.11. The summed E-state index contributed by atoms with van der Waals surface area (Å²) in [5, 5.41) is 13.0. The molecule has 49 heavy (non-hydrogen) atoms. The van der Waals surface area contributed by atoms with Crippen molar-refractivity contribution in [1.29, 1.82) is 0 Å². The van der Waals surface area contributed by atoms with Gasteiger partial charge in [-0.15, -0.1) is 10.2 Å². The molecule has 0 amide bonds. The van der Waals surface area contributed by atoms with Crippen LogP contribution in [0.1, 0.15) is 59.9 Å². The number of fused-ring (bicyclic) bond motifs is 1. The topological polar surface area (TPSA) is 104 Å². The van der Waals surface area contributed by atoms with Crippen LogP contribution in [0.5, 0.6) is 0 Å². The number of thioether (sulfide) groups is 1. The van der Waals surface area contributed by atoms with Gasteiger partial charge in [-0.3, -0.25) is 14.9 Å². The molecule has 6 rings (SSSR count). The number of ether oxygens (including phenoxy) is 1. The van der Waals surface area contributed by atoms with E-state index in [1.54, 1.807) is 38.1 Å². The van der Waals surface area contributed by atoms with Gasteiger partial charge in [-0.25, -0.2) is 8.78 Å². The zero-order chi connectivity index (χ0) is 34.5. The normalized spacial score (nSPS) is 12.7. The predicted molar refractivity (Wildman–Crippen MR) is 184 cm³/mol. The highest BCUT2D eigenvalue weighted by Crippen LogP contribution is 2.28. The van der Waals surface area contributed by atoms with Crippen LogP contribution in [0.2, 0.25) is 0 Å². The highest BCUT2D eigenvalue weighted by Gasteiger charge is 2.29. The molecule has 0 unspecified atom stereocenters. The van der Waals surface area contributed by atoms with Crippen LogP contribution in [0.15, 0.2) is 82.7 Å². The van der Waals surface area contributed by atoms with Gasteiger partial charge >= 0.3 is 5.97 Å². The maximum atomic E-state index is 13.5. The van der Waals surface area contributed by atoms with E-state index in [9.17, 15) is 18.4 Å². The van der Waals surface area contributed by atoms with Crippen molar-refractivity contribution in [1.82, 2.24) is 29.6 Å². The molecule has 0 fully saturated rings. The quantitative estimate of drug-likeness (QED) is 0.0912. The van der Waals surface area contributed by atoms with Gasteiger partial charge in [0.25, 0.3) is 5.56 Å². The highest BCUT2D eigenvalue weighted by molar-refractivity contribution is 7.98. The maximum absolute atomic E-state index is 13.5. The Hall–Kier alpha value is -4.68. The first-order valence-corrected chi connectivity index (χ1v) is 17.1. The minimum atomic E-state index is -0.960. The molecular formula is C37H38F2N6O3S. The van der Waals surface area contributed by atoms with Crippen LogP contribution in [-0.4, -0.2) is 42.9 Å². The Kier molecular flexibility index (Phi) is 10.4. The Bertz CT molecular complexity index is 1990. The smallest absolute Gasteiger partial charge is 0.325 e. The van der Waals surface area contributed by atoms with E-state index in [1.165, 1.54) is 31.0 Å². The largest absolute Gasteiger partial charge is 0.468 e. The molecule has 0 radical (unpaired) electrons. The summed E-state index contributed by atoms with van der Waals surface area (Å²) in [6.07, 6.45) is 2.30. The van der Waals surface area contributed by atoms with E-state index in [0.29, 0.717) is 47.6 Å². The van der Waals surface area contributed by atoms with Crippen LogP contribution in [0.4, 0.5) is 8.78 Å². The van der Waals surface area contributed by atoms with E-state index in [0.717, 1.165) is 46.4 Å². The van der Waals surface area contributed by atoms with E-state index in [2.05, 4.69) is 25.1 Å². The van der Waals surface area contributed by atoms with E-state index in [1.807, 2.05) is 41.0 Å². The van der Waals surface area contributed by atoms with Crippen molar-refractivity contribution in [3.63, 3.8) is 0 Å². The SMILES string of the molecule is COC(=O)C(C)(C)NCc1nnc(Cn2c(SCc3ccc(F)cc3)nc(=O)c3c2CCC3)n1Cc1ccc(-c2ccc(CF)cc2)cc1. The zero-order valence-corrected chi connectivity index (χ0v) is 28.5. The molecule has 2 aromatic heterocycles. The zero-order valence-electron chi connectivity index (χ0n) is 27.7. The first-order valence-electron chi connectivity index (χ1n) is 16.1. The molecule has 1 aliphatic carbocycles. The van der Waals surface area contributed by atoms with Crippen molar-refractivity contribution in [3.05, 3.63) is 129 Å². The minimum absolute atomic E-state index is 0.207. The summed E-state index contributed by atoms with van der Waals surface area (Å²) in [5.41, 5.74) is 5.08. The number of rotatable bonds is 13. The van der Waals surface area contributed by atoms with Gasteiger partial charge < -0.3 is 13.9 Å². The van der Waals surface area contributed by atoms with Crippen LogP contribution in [0.25, 0.3) is 11.1 Å². The van der Waals surface area contributed by atoms with Gasteiger partial charge in [0.1, 0.15) is 23.9 Å². The summed E-state index contributed by atoms with van der Waals surface area (Å²) in [6, 6.07) is 21.9. The van der Waals surface area contributed by atoms with Crippen molar-refractivity contribution in [3.8, 4) is 11.1 Å². The number of hydrogen-bond acceptors (Lipinski definition) is 8. The summed E-state index contributed by atoms with van der Waals surface area (Å²) < 4.78 is 35.6. The van der Waals surface area contributed by atoms with Crippen molar-refractivity contribution < 1.29 is 18.3 Å². The van der Waals surface area contributed by atoms with E-state index < -0.39 is 18.2 Å². The fraction of sp³-hybridized carbons (Fsp3) is 0.324. The second kappa shape index (κ2) is 14.8. The molecule has 3 aromatic carbocycles. The maximum Gasteiger partial charge on any atom is 0.325 e. The average Bonchev–Trinajstić information content (AvgIpc) is 3.76. The molecule has 0 aliphatic heterocycles. The lowest BCUT2D eigenvalue weighted by atomic mass is 10.0. The molecule has 12 heteroatoms. The molecule has 0 atom stereocenters. The Balaban J connectivity index is 1.33. The van der Waals surface area contributed by atoms with Crippen LogP contribution >= 0.6 is 11.8 Å². The van der Waals surface area contributed by atoms with Crippen LogP contribution in [-0.2, 0) is 54.4 Å². The van der Waals surface area contributed by atoms with E-state index in [-0.39, 0.29) is 17.9 Å². The van der Waals surface area contributed by atoms with Crippen molar-refractivity contribution in [2.24, 2.45) is 0 Å². The van der Waals surface area contributed by atoms with E-state index in [4.69, 9.17) is 4.74 Å². The fourth-order valence-corrected chi connectivity index (χ4v) is 6.90. The van der Waals surface area contributed by atoms with Crippen molar-refractivity contribution in [2.75, 3.05) is 7.11 Å². The summed E-state index contributed by atoms with van der Waals surface area (Å²) in [7, 11) is 1.36. The average molecular weight is 685 g/mol. The third kappa shape index (κ3) is 7.81. The number of halogens is 2. The highest BCUT2D eigenvalue weighted by atomic mass is 32.2. The molecule has 2 heterocycles. The Morgan fingerprint density at radius 1 is 0.878 bits per heavy atom. The summed E-state index contributed by atoms with van der Waals surface area (Å²) >= 11 is 1.43. The predicted octanol–water partition coefficient (Wildman–Crippen LogP) is 6.03. The Labute approximate surface area is 287 Å². The minimum Gasteiger partial charge on any atom is -0.468 e. The number of benzene rings is 3. The number of alkyl halides is 1. The second-order valence-electron chi connectivity index (χ2n) is 12.6. The second-order valence-corrected chi connectivity index (χ2v) is 13.5. The molecule has 1 aliphatic rings. The first kappa shape index (κ1) is 34.2. The number of hydrogen-bond donors (Lipinski definition) is 1. The first-order chi connectivity index (χ1) is 23.6. The monoisotopic (exact) mass is 684 g/mol. The number of esters is 1. The Morgan fingerprint density at radius 2 is 1.51 bits per heavy atom. The van der Waals surface area contributed by atoms with Gasteiger partial charge in [-0.1, -0.05) is 72.4 Å². The number of carbonyl (C=O) groups is 1. The lowest BCUT2D eigenvalue weighted by Gasteiger charge is -2.23. The number of methoxy groups -OCH3 is 1. The fourth-order valence-electron chi connectivity index (χ4n) is 5.93. The third-order valence-electron chi connectivity index (χ3n) is 8.81. The van der Waals surface area contributed by atoms with E-state index >= 15 is 0 Å². The van der Waals surface area contributed by atoms with Gasteiger partial charge in [-0.05, 0) is 73.1 Å². The molecule has 1 N–H and O–H groups in total. The molecule has 0 bridgehead atoms. The van der Waals surface area contributed by atoms with Crippen LogP contribution in [0.3, 0.4) is 0 Å². The van der Waals surface area contributed by atoms with Gasteiger partial charge in [0.05, 0.1) is 26.7 Å². The molecule has 9 nitrogen and oxygen atoms in total. The van der Waals surface area contributed by atoms with Crippen molar-refractivity contribution >= 4 is 17.7 Å². The molecule has 254 valence electrons. The number of nitrogens with zero attached hydrogens (tertiary/aromatic N) is 5. The number of nitrogens with one attached hydrogen (secondary N) is 1. The number of carbonyl (C=O) groups excluding carboxylic acids is 1. The molecule has 5 aromatic rings. The van der Waals surface area contributed by atoms with Crippen molar-refractivity contribution in [2.45, 2.75) is 75.9 Å². The van der Waals surface area contributed by atoms with Crippen LogP contribution in [0, 0.1) is 5.82 Å². The molecular weight excluding hydrogens is 647 g/mol. The molecule has 0 saturated carbocycles. The van der Waals surface area contributed by atoms with Gasteiger partial charge in [-0.2, -0.15) is 4.98 Å². The van der Waals surface area contributed by atoms with Gasteiger partial charge in [0, 0.05) is 17.0 Å².